The summed E-state index contributed by atoms with van der Waals surface area (Å²) in [6.07, 6.45) is 11.6. The molecule has 0 rings (SSSR count). The molecule has 0 unspecified atom stereocenters. The number of carbonyl (C=O) groups is 1. The number of hydrogen-bond acceptors (Lipinski definition) is 1. The van der Waals surface area contributed by atoms with Crippen molar-refractivity contribution in [2.45, 2.75) is 67.2 Å². The van der Waals surface area contributed by atoms with Gasteiger partial charge in [0.2, 0.25) is 0 Å². The van der Waals surface area contributed by atoms with Gasteiger partial charge in [-0.25, -0.2) is 0 Å². The fourth-order valence-corrected chi connectivity index (χ4v) is 4.90. The van der Waals surface area contributed by atoms with Crippen molar-refractivity contribution in [3.8, 4) is 0 Å². The van der Waals surface area contributed by atoms with Crippen LogP contribution in [0, 0.1) is 0 Å². The van der Waals surface area contributed by atoms with E-state index in [0.717, 1.165) is 12.7 Å². The second kappa shape index (κ2) is 13.5. The summed E-state index contributed by atoms with van der Waals surface area (Å²) in [6.45, 7) is 2.27. The molecule has 0 heterocycles. The number of carbonyl (C=O) groups excluding carboxylic acids is 1. The third-order valence-electron chi connectivity index (χ3n) is 2.38. The van der Waals surface area contributed by atoms with E-state index in [4.69, 9.17) is 0 Å². The van der Waals surface area contributed by atoms with Crippen molar-refractivity contribution in [3.05, 3.63) is 0 Å². The van der Waals surface area contributed by atoms with Gasteiger partial charge in [0.15, 0.2) is 0 Å². The molecule has 0 aliphatic heterocycles. The third kappa shape index (κ3) is 12.5. The molecule has 14 heavy (non-hydrogen) atoms. The molecule has 0 atom stereocenters. The average Bonchev–Trinajstić information content (AvgIpc) is 2.21. The van der Waals surface area contributed by atoms with Gasteiger partial charge in [0.25, 0.3) is 0 Å². The van der Waals surface area contributed by atoms with Crippen LogP contribution in [-0.2, 0) is 4.79 Å². The Morgan fingerprint density at radius 3 is 2.29 bits per heavy atom. The standard InChI is InChI=1S/C8H17.C4H7O.Sn/c1-3-5-7-8-6-4-2;1-2-3-4-5;/h1,3-8H2,2H3;4H,1-3H2;. The number of aldehydes is 1. The van der Waals surface area contributed by atoms with E-state index in [2.05, 4.69) is 6.92 Å². The van der Waals surface area contributed by atoms with Crippen LogP contribution in [0.3, 0.4) is 0 Å². The first-order valence-corrected chi connectivity index (χ1v) is 10.1. The molecule has 0 aliphatic carbocycles. The van der Waals surface area contributed by atoms with E-state index in [-0.39, 0.29) is 21.1 Å². The molecule has 0 aromatic heterocycles. The van der Waals surface area contributed by atoms with Gasteiger partial charge >= 0.3 is 99.4 Å². The SMILES string of the molecule is CCCCCCC[CH2][Sn][CH2]CCC=O. The molecule has 0 saturated carbocycles. The van der Waals surface area contributed by atoms with E-state index < -0.39 is 0 Å². The summed E-state index contributed by atoms with van der Waals surface area (Å²) in [5, 5.41) is 0. The predicted molar refractivity (Wildman–Crippen MR) is 64.0 cm³/mol. The Morgan fingerprint density at radius 1 is 0.929 bits per heavy atom. The second-order valence-corrected chi connectivity index (χ2v) is 8.11. The monoisotopic (exact) mass is 304 g/mol. The van der Waals surface area contributed by atoms with Gasteiger partial charge in [0.05, 0.1) is 0 Å². The van der Waals surface area contributed by atoms with Crippen molar-refractivity contribution >= 4 is 27.4 Å². The van der Waals surface area contributed by atoms with Crippen LogP contribution in [0.25, 0.3) is 0 Å². The first kappa shape index (κ1) is 14.5. The molecular formula is C12H24OSn. The summed E-state index contributed by atoms with van der Waals surface area (Å²) < 4.78 is 2.95. The maximum atomic E-state index is 10.1. The fraction of sp³-hybridized carbons (Fsp3) is 0.917. The summed E-state index contributed by atoms with van der Waals surface area (Å²) in [7, 11) is 0. The molecular weight excluding hydrogens is 279 g/mol. The summed E-state index contributed by atoms with van der Waals surface area (Å²) in [6, 6.07) is 0. The average molecular weight is 303 g/mol. The van der Waals surface area contributed by atoms with Crippen molar-refractivity contribution in [2.75, 3.05) is 0 Å². The molecule has 0 saturated heterocycles. The third-order valence-corrected chi connectivity index (χ3v) is 6.42. The molecule has 2 heteroatoms. The van der Waals surface area contributed by atoms with Crippen LogP contribution in [0.2, 0.25) is 8.87 Å². The molecule has 0 aromatic rings. The summed E-state index contributed by atoms with van der Waals surface area (Å²) in [4.78, 5) is 10.1. The van der Waals surface area contributed by atoms with Crippen molar-refractivity contribution in [2.24, 2.45) is 0 Å². The van der Waals surface area contributed by atoms with Crippen molar-refractivity contribution in [1.29, 1.82) is 0 Å². The van der Waals surface area contributed by atoms with Gasteiger partial charge in [0.1, 0.15) is 0 Å². The van der Waals surface area contributed by atoms with Crippen molar-refractivity contribution in [3.63, 3.8) is 0 Å². The van der Waals surface area contributed by atoms with Gasteiger partial charge in [-0.3, -0.25) is 0 Å². The topological polar surface area (TPSA) is 17.1 Å². The van der Waals surface area contributed by atoms with Gasteiger partial charge in [-0.15, -0.1) is 0 Å². The van der Waals surface area contributed by atoms with E-state index in [9.17, 15) is 4.79 Å². The van der Waals surface area contributed by atoms with Gasteiger partial charge in [0, 0.05) is 0 Å². The molecule has 1 nitrogen and oxygen atoms in total. The molecule has 0 fully saturated rings. The predicted octanol–water partition coefficient (Wildman–Crippen LogP) is 3.87. The first-order valence-electron chi connectivity index (χ1n) is 6.06. The Bertz CT molecular complexity index is 115. The Balaban J connectivity index is 2.81. The second-order valence-electron chi connectivity index (χ2n) is 3.83. The first-order chi connectivity index (χ1) is 6.91. The Morgan fingerprint density at radius 2 is 1.57 bits per heavy atom. The Kier molecular flexibility index (Phi) is 13.9. The van der Waals surface area contributed by atoms with Crippen LogP contribution in [-0.4, -0.2) is 27.4 Å². The number of rotatable bonds is 11. The van der Waals surface area contributed by atoms with E-state index in [0.29, 0.717) is 0 Å². The minimum absolute atomic E-state index is 0.0601. The van der Waals surface area contributed by atoms with E-state index in [1.807, 2.05) is 0 Å². The zero-order chi connectivity index (χ0) is 10.5. The minimum atomic E-state index is -0.0601. The molecule has 0 aliphatic rings. The van der Waals surface area contributed by atoms with Crippen LogP contribution in [0.4, 0.5) is 0 Å². The quantitative estimate of drug-likeness (QED) is 0.322. The van der Waals surface area contributed by atoms with Crippen LogP contribution in [0.5, 0.6) is 0 Å². The summed E-state index contributed by atoms with van der Waals surface area (Å²) >= 11 is -0.0601. The van der Waals surface area contributed by atoms with Crippen LogP contribution in [0.15, 0.2) is 0 Å². The zero-order valence-corrected chi connectivity index (χ0v) is 12.4. The molecule has 82 valence electrons. The number of unbranched alkanes of at least 4 members (excludes halogenated alkanes) is 6. The van der Waals surface area contributed by atoms with Crippen LogP contribution < -0.4 is 0 Å². The van der Waals surface area contributed by atoms with Gasteiger partial charge in [-0.1, -0.05) is 0 Å². The van der Waals surface area contributed by atoms with E-state index in [1.165, 1.54) is 53.8 Å². The molecule has 0 amide bonds. The molecule has 0 bridgehead atoms. The normalized spacial score (nSPS) is 10.4. The molecule has 0 spiro atoms. The molecule has 0 N–H and O–H groups in total. The van der Waals surface area contributed by atoms with E-state index >= 15 is 0 Å². The van der Waals surface area contributed by atoms with Gasteiger partial charge in [-0.2, -0.15) is 0 Å². The number of hydrogen-bond donors (Lipinski definition) is 0. The Labute approximate surface area is 99.3 Å². The zero-order valence-electron chi connectivity index (χ0n) is 9.56. The van der Waals surface area contributed by atoms with Crippen LogP contribution in [0.1, 0.15) is 58.3 Å². The fourth-order valence-electron chi connectivity index (χ4n) is 1.47. The van der Waals surface area contributed by atoms with Gasteiger partial charge in [-0.05, 0) is 0 Å². The van der Waals surface area contributed by atoms with Crippen molar-refractivity contribution in [1.82, 2.24) is 0 Å². The molecule has 2 radical (unpaired) electrons. The maximum absolute atomic E-state index is 10.1. The molecule has 0 aromatic carbocycles. The van der Waals surface area contributed by atoms with Crippen molar-refractivity contribution < 1.29 is 4.79 Å². The van der Waals surface area contributed by atoms with Gasteiger partial charge < -0.3 is 0 Å². The summed E-state index contributed by atoms with van der Waals surface area (Å²) in [5.41, 5.74) is 0. The van der Waals surface area contributed by atoms with E-state index in [1.54, 1.807) is 0 Å². The summed E-state index contributed by atoms with van der Waals surface area (Å²) in [5.74, 6) is 0. The van der Waals surface area contributed by atoms with Crippen LogP contribution >= 0.6 is 0 Å². The Hall–Kier alpha value is 0.469.